The number of carbonyl (C=O) groups is 2. The summed E-state index contributed by atoms with van der Waals surface area (Å²) in [6.45, 7) is 4.23. The molecule has 0 aromatic rings. The zero-order chi connectivity index (χ0) is 14.8. The molecule has 0 aromatic carbocycles. The Kier molecular flexibility index (Phi) is 5.12. The van der Waals surface area contributed by atoms with E-state index in [0.29, 0.717) is 0 Å². The van der Waals surface area contributed by atoms with Gasteiger partial charge >= 0.3 is 5.97 Å². The number of halogens is 3. The fourth-order valence-electron chi connectivity index (χ4n) is 2.24. The van der Waals surface area contributed by atoms with E-state index in [4.69, 9.17) is 16.3 Å². The molecule has 4 nitrogen and oxygen atoms in total. The van der Waals surface area contributed by atoms with Gasteiger partial charge in [0, 0.05) is 13.1 Å². The van der Waals surface area contributed by atoms with Crippen LogP contribution in [0.1, 0.15) is 20.8 Å². The van der Waals surface area contributed by atoms with Crippen molar-refractivity contribution >= 4 is 23.5 Å². The van der Waals surface area contributed by atoms with E-state index >= 15 is 0 Å². The van der Waals surface area contributed by atoms with Crippen LogP contribution in [-0.2, 0) is 14.3 Å². The second-order valence-corrected chi connectivity index (χ2v) is 5.60. The standard InChI is InChI=1S/C12H18ClF2NO3/c1-4-19-10(18)8-5-16(9(17)7(2)13)6-12(8,3)11(14)15/h7-8,11H,4-6H2,1-3H3. The number of hydrogen-bond acceptors (Lipinski definition) is 3. The average molecular weight is 298 g/mol. The van der Waals surface area contributed by atoms with Gasteiger partial charge in [-0.3, -0.25) is 9.59 Å². The first kappa shape index (κ1) is 16.1. The maximum absolute atomic E-state index is 13.2. The number of rotatable bonds is 4. The minimum Gasteiger partial charge on any atom is -0.466 e. The van der Waals surface area contributed by atoms with Crippen LogP contribution in [0.2, 0.25) is 0 Å². The van der Waals surface area contributed by atoms with Crippen LogP contribution in [0.25, 0.3) is 0 Å². The molecule has 7 heteroatoms. The minimum atomic E-state index is -2.72. The molecule has 19 heavy (non-hydrogen) atoms. The lowest BCUT2D eigenvalue weighted by Gasteiger charge is -2.27. The molecule has 0 aromatic heterocycles. The molecule has 1 aliphatic heterocycles. The van der Waals surface area contributed by atoms with Crippen LogP contribution in [0.4, 0.5) is 8.78 Å². The maximum atomic E-state index is 13.2. The predicted molar refractivity (Wildman–Crippen MR) is 66.1 cm³/mol. The first-order chi connectivity index (χ1) is 8.74. The smallest absolute Gasteiger partial charge is 0.311 e. The number of esters is 1. The van der Waals surface area contributed by atoms with E-state index in [1.807, 2.05) is 0 Å². The van der Waals surface area contributed by atoms with Crippen molar-refractivity contribution in [1.82, 2.24) is 4.90 Å². The van der Waals surface area contributed by atoms with Gasteiger partial charge in [0.1, 0.15) is 5.38 Å². The molecular weight excluding hydrogens is 280 g/mol. The zero-order valence-electron chi connectivity index (χ0n) is 11.2. The summed E-state index contributed by atoms with van der Waals surface area (Å²) in [6.07, 6.45) is -2.72. The highest BCUT2D eigenvalue weighted by Crippen LogP contribution is 2.42. The molecule has 3 unspecified atom stereocenters. The first-order valence-corrected chi connectivity index (χ1v) is 6.55. The molecular formula is C12H18ClF2NO3. The second kappa shape index (κ2) is 6.03. The topological polar surface area (TPSA) is 46.6 Å². The molecule has 0 aliphatic carbocycles. The zero-order valence-corrected chi connectivity index (χ0v) is 11.9. The van der Waals surface area contributed by atoms with Crippen molar-refractivity contribution in [2.24, 2.45) is 11.3 Å². The largest absolute Gasteiger partial charge is 0.466 e. The number of amides is 1. The highest BCUT2D eigenvalue weighted by molar-refractivity contribution is 6.30. The van der Waals surface area contributed by atoms with E-state index in [9.17, 15) is 18.4 Å². The Morgan fingerprint density at radius 3 is 2.53 bits per heavy atom. The van der Waals surface area contributed by atoms with Gasteiger partial charge < -0.3 is 9.64 Å². The Morgan fingerprint density at radius 2 is 2.11 bits per heavy atom. The van der Waals surface area contributed by atoms with E-state index in [0.717, 1.165) is 0 Å². The molecule has 3 atom stereocenters. The van der Waals surface area contributed by atoms with Crippen LogP contribution in [0.5, 0.6) is 0 Å². The summed E-state index contributed by atoms with van der Waals surface area (Å²) in [6, 6.07) is 0. The molecule has 1 heterocycles. The molecule has 1 amide bonds. The number of hydrogen-bond donors (Lipinski definition) is 0. The van der Waals surface area contributed by atoms with E-state index in [-0.39, 0.29) is 19.7 Å². The summed E-state index contributed by atoms with van der Waals surface area (Å²) in [4.78, 5) is 24.8. The number of nitrogens with zero attached hydrogens (tertiary/aromatic N) is 1. The van der Waals surface area contributed by atoms with Crippen LogP contribution in [0, 0.1) is 11.3 Å². The van der Waals surface area contributed by atoms with Crippen molar-refractivity contribution in [2.45, 2.75) is 32.6 Å². The molecule has 0 radical (unpaired) electrons. The van der Waals surface area contributed by atoms with Crippen molar-refractivity contribution in [2.75, 3.05) is 19.7 Å². The second-order valence-electron chi connectivity index (χ2n) is 4.95. The lowest BCUT2D eigenvalue weighted by atomic mass is 9.80. The van der Waals surface area contributed by atoms with Crippen LogP contribution in [0.3, 0.4) is 0 Å². The molecule has 0 saturated carbocycles. The third-order valence-electron chi connectivity index (χ3n) is 3.45. The fourth-order valence-corrected chi connectivity index (χ4v) is 2.38. The average Bonchev–Trinajstić information content (AvgIpc) is 2.68. The Hall–Kier alpha value is -0.910. The van der Waals surface area contributed by atoms with Crippen molar-refractivity contribution < 1.29 is 23.1 Å². The van der Waals surface area contributed by atoms with Gasteiger partial charge in [-0.15, -0.1) is 11.6 Å². The van der Waals surface area contributed by atoms with Crippen LogP contribution >= 0.6 is 11.6 Å². The highest BCUT2D eigenvalue weighted by atomic mass is 35.5. The van der Waals surface area contributed by atoms with E-state index in [1.165, 1.54) is 18.7 Å². The molecule has 110 valence electrons. The molecule has 0 N–H and O–H groups in total. The molecule has 0 bridgehead atoms. The maximum Gasteiger partial charge on any atom is 0.311 e. The molecule has 1 fully saturated rings. The highest BCUT2D eigenvalue weighted by Gasteiger charge is 2.54. The lowest BCUT2D eigenvalue weighted by molar-refractivity contribution is -0.154. The number of alkyl halides is 3. The molecule has 1 saturated heterocycles. The summed E-state index contributed by atoms with van der Waals surface area (Å²) in [5.74, 6) is -2.16. The quantitative estimate of drug-likeness (QED) is 0.588. The van der Waals surface area contributed by atoms with Gasteiger partial charge in [0.2, 0.25) is 12.3 Å². The van der Waals surface area contributed by atoms with Gasteiger partial charge in [0.25, 0.3) is 0 Å². The van der Waals surface area contributed by atoms with Crippen LogP contribution in [-0.4, -0.2) is 48.3 Å². The summed E-state index contributed by atoms with van der Waals surface area (Å²) in [5, 5.41) is -0.803. The van der Waals surface area contributed by atoms with Gasteiger partial charge in [0.15, 0.2) is 0 Å². The van der Waals surface area contributed by atoms with E-state index < -0.39 is 35.0 Å². The number of carbonyl (C=O) groups excluding carboxylic acids is 2. The van der Waals surface area contributed by atoms with Gasteiger partial charge in [-0.2, -0.15) is 0 Å². The van der Waals surface area contributed by atoms with Crippen LogP contribution in [0.15, 0.2) is 0 Å². The van der Waals surface area contributed by atoms with Crippen molar-refractivity contribution in [3.8, 4) is 0 Å². The van der Waals surface area contributed by atoms with Crippen LogP contribution < -0.4 is 0 Å². The third-order valence-corrected chi connectivity index (χ3v) is 3.64. The Bertz CT molecular complexity index is 365. The molecule has 0 spiro atoms. The summed E-state index contributed by atoms with van der Waals surface area (Å²) >= 11 is 5.67. The predicted octanol–water partition coefficient (Wildman–Crippen LogP) is 1.91. The number of likely N-dealkylation sites (tertiary alicyclic amines) is 1. The lowest BCUT2D eigenvalue weighted by Crippen LogP contribution is -2.40. The van der Waals surface area contributed by atoms with E-state index in [1.54, 1.807) is 6.92 Å². The first-order valence-electron chi connectivity index (χ1n) is 6.11. The minimum absolute atomic E-state index is 0.0738. The van der Waals surface area contributed by atoms with Gasteiger partial charge in [-0.1, -0.05) is 6.92 Å². The summed E-state index contributed by atoms with van der Waals surface area (Å²) < 4.78 is 31.3. The Balaban J connectivity index is 2.95. The summed E-state index contributed by atoms with van der Waals surface area (Å²) in [7, 11) is 0. The SMILES string of the molecule is CCOC(=O)C1CN(C(=O)C(C)Cl)CC1(C)C(F)F. The van der Waals surface area contributed by atoms with Crippen molar-refractivity contribution in [3.05, 3.63) is 0 Å². The van der Waals surface area contributed by atoms with E-state index in [2.05, 4.69) is 0 Å². The van der Waals surface area contributed by atoms with Gasteiger partial charge in [-0.05, 0) is 13.8 Å². The monoisotopic (exact) mass is 297 g/mol. The van der Waals surface area contributed by atoms with Crippen molar-refractivity contribution in [1.29, 1.82) is 0 Å². The van der Waals surface area contributed by atoms with Crippen molar-refractivity contribution in [3.63, 3.8) is 0 Å². The fraction of sp³-hybridized carbons (Fsp3) is 0.833. The third kappa shape index (κ3) is 3.16. The molecule has 1 aliphatic rings. The normalized spacial score (nSPS) is 28.6. The Morgan fingerprint density at radius 1 is 1.53 bits per heavy atom. The Labute approximate surface area is 116 Å². The summed E-state index contributed by atoms with van der Waals surface area (Å²) in [5.41, 5.74) is -1.59. The van der Waals surface area contributed by atoms with Gasteiger partial charge in [0.05, 0.1) is 17.9 Å². The molecule has 1 rings (SSSR count). The van der Waals surface area contributed by atoms with Gasteiger partial charge in [-0.25, -0.2) is 8.78 Å². The number of ether oxygens (including phenoxy) is 1.